The molecular formula is C8H9ClN2OS. The molecule has 0 unspecified atom stereocenters. The van der Waals surface area contributed by atoms with Gasteiger partial charge in [0, 0.05) is 9.92 Å². The van der Waals surface area contributed by atoms with Crippen LogP contribution in [0.4, 0.5) is 10.5 Å². The highest BCUT2D eigenvalue weighted by Gasteiger charge is 2.03. The number of nitrogens with one attached hydrogen (secondary N) is 1. The monoisotopic (exact) mass is 216 g/mol. The number of benzene rings is 1. The van der Waals surface area contributed by atoms with Crippen LogP contribution in [0.15, 0.2) is 23.1 Å². The summed E-state index contributed by atoms with van der Waals surface area (Å²) in [6, 6.07) is 4.67. The van der Waals surface area contributed by atoms with E-state index >= 15 is 0 Å². The van der Waals surface area contributed by atoms with E-state index in [1.54, 1.807) is 12.1 Å². The van der Waals surface area contributed by atoms with Gasteiger partial charge in [-0.05, 0) is 24.5 Å². The molecule has 5 heteroatoms. The lowest BCUT2D eigenvalue weighted by molar-refractivity contribution is 0.259. The molecule has 3 nitrogen and oxygen atoms in total. The molecule has 1 aromatic carbocycles. The van der Waals surface area contributed by atoms with Crippen molar-refractivity contribution in [1.82, 2.24) is 0 Å². The lowest BCUT2D eigenvalue weighted by atomic mass is 10.3. The first-order valence-electron chi connectivity index (χ1n) is 3.53. The fourth-order valence-corrected chi connectivity index (χ4v) is 1.62. The van der Waals surface area contributed by atoms with Crippen molar-refractivity contribution in [3.63, 3.8) is 0 Å². The number of halogens is 1. The Labute approximate surface area is 85.6 Å². The van der Waals surface area contributed by atoms with Gasteiger partial charge < -0.3 is 11.1 Å². The molecule has 3 N–H and O–H groups in total. The van der Waals surface area contributed by atoms with E-state index in [-0.39, 0.29) is 0 Å². The van der Waals surface area contributed by atoms with Gasteiger partial charge in [0.1, 0.15) is 0 Å². The Morgan fingerprint density at radius 2 is 2.31 bits per heavy atom. The molecule has 1 rings (SSSR count). The van der Waals surface area contributed by atoms with Crippen LogP contribution in [0.1, 0.15) is 0 Å². The van der Waals surface area contributed by atoms with Crippen molar-refractivity contribution in [2.45, 2.75) is 4.90 Å². The number of thioether (sulfide) groups is 1. The number of anilines is 1. The zero-order valence-electron chi connectivity index (χ0n) is 7.00. The van der Waals surface area contributed by atoms with Gasteiger partial charge in [-0.2, -0.15) is 0 Å². The van der Waals surface area contributed by atoms with E-state index in [1.807, 2.05) is 12.3 Å². The Kier molecular flexibility index (Phi) is 3.45. The van der Waals surface area contributed by atoms with Crippen molar-refractivity contribution in [3.05, 3.63) is 23.2 Å². The van der Waals surface area contributed by atoms with Crippen molar-refractivity contribution in [1.29, 1.82) is 0 Å². The summed E-state index contributed by atoms with van der Waals surface area (Å²) in [5.74, 6) is 0. The van der Waals surface area contributed by atoms with Crippen molar-refractivity contribution in [3.8, 4) is 0 Å². The number of primary amides is 1. The molecule has 0 aliphatic carbocycles. The van der Waals surface area contributed by atoms with E-state index < -0.39 is 6.03 Å². The number of hydrogen-bond donors (Lipinski definition) is 2. The second kappa shape index (κ2) is 4.39. The molecule has 0 atom stereocenters. The number of hydrogen-bond acceptors (Lipinski definition) is 2. The molecule has 1 aromatic rings. The van der Waals surface area contributed by atoms with Crippen LogP contribution in [-0.4, -0.2) is 12.3 Å². The molecule has 0 bridgehead atoms. The summed E-state index contributed by atoms with van der Waals surface area (Å²) < 4.78 is 0. The van der Waals surface area contributed by atoms with E-state index in [1.165, 1.54) is 11.8 Å². The third-order valence-electron chi connectivity index (χ3n) is 1.42. The fraction of sp³-hybridized carbons (Fsp3) is 0.125. The highest BCUT2D eigenvalue weighted by atomic mass is 35.5. The maximum atomic E-state index is 10.6. The minimum absolute atomic E-state index is 0.571. The molecule has 0 aliphatic rings. The quantitative estimate of drug-likeness (QED) is 0.747. The summed E-state index contributed by atoms with van der Waals surface area (Å²) in [6.45, 7) is 0. The average molecular weight is 217 g/mol. The zero-order valence-corrected chi connectivity index (χ0v) is 8.58. The minimum Gasteiger partial charge on any atom is -0.351 e. The van der Waals surface area contributed by atoms with Gasteiger partial charge in [0.2, 0.25) is 0 Å². The molecule has 0 saturated heterocycles. The molecule has 0 aromatic heterocycles. The highest BCUT2D eigenvalue weighted by molar-refractivity contribution is 7.98. The molecule has 70 valence electrons. The molecule has 0 saturated carbocycles. The predicted molar refractivity (Wildman–Crippen MR) is 56.4 cm³/mol. The molecule has 2 amide bonds. The van der Waals surface area contributed by atoms with Gasteiger partial charge in [0.15, 0.2) is 0 Å². The number of nitrogens with two attached hydrogens (primary N) is 1. The summed E-state index contributed by atoms with van der Waals surface area (Å²) >= 11 is 7.27. The number of carbonyl (C=O) groups excluding carboxylic acids is 1. The minimum atomic E-state index is -0.586. The number of amides is 2. The molecule has 0 aliphatic heterocycles. The van der Waals surface area contributed by atoms with E-state index in [0.29, 0.717) is 10.7 Å². The van der Waals surface area contributed by atoms with Crippen LogP contribution in [0, 0.1) is 0 Å². The third-order valence-corrected chi connectivity index (χ3v) is 2.45. The second-order valence-corrected chi connectivity index (χ2v) is 3.62. The average Bonchev–Trinajstić information content (AvgIpc) is 2.03. The first kappa shape index (κ1) is 10.2. The van der Waals surface area contributed by atoms with Crippen molar-refractivity contribution >= 4 is 35.1 Å². The van der Waals surface area contributed by atoms with E-state index in [0.717, 1.165) is 4.90 Å². The van der Waals surface area contributed by atoms with Gasteiger partial charge in [0.05, 0.1) is 5.69 Å². The Balaban J connectivity index is 3.01. The maximum Gasteiger partial charge on any atom is 0.316 e. The zero-order chi connectivity index (χ0) is 9.84. The first-order valence-corrected chi connectivity index (χ1v) is 5.13. The van der Waals surface area contributed by atoms with Crippen molar-refractivity contribution in [2.75, 3.05) is 11.6 Å². The molecule has 0 radical (unpaired) electrons. The van der Waals surface area contributed by atoms with Gasteiger partial charge in [-0.1, -0.05) is 11.6 Å². The Bertz CT molecular complexity index is 330. The second-order valence-electron chi connectivity index (χ2n) is 2.33. The topological polar surface area (TPSA) is 55.1 Å². The summed E-state index contributed by atoms with van der Waals surface area (Å²) in [5.41, 5.74) is 5.64. The lowest BCUT2D eigenvalue weighted by Crippen LogP contribution is -2.19. The Morgan fingerprint density at radius 3 is 2.85 bits per heavy atom. The predicted octanol–water partition coefficient (Wildman–Crippen LogP) is 2.55. The van der Waals surface area contributed by atoms with Gasteiger partial charge in [0.25, 0.3) is 0 Å². The van der Waals surface area contributed by atoms with Crippen LogP contribution >= 0.6 is 23.4 Å². The normalized spacial score (nSPS) is 9.69. The third kappa shape index (κ3) is 2.82. The molecule has 0 heterocycles. The summed E-state index contributed by atoms with van der Waals surface area (Å²) in [7, 11) is 0. The van der Waals surface area contributed by atoms with E-state index in [2.05, 4.69) is 5.32 Å². The number of urea groups is 1. The molecule has 0 fully saturated rings. The fourth-order valence-electron chi connectivity index (χ4n) is 0.911. The summed E-state index contributed by atoms with van der Waals surface area (Å²) in [4.78, 5) is 11.5. The first-order chi connectivity index (χ1) is 6.13. The van der Waals surface area contributed by atoms with Crippen LogP contribution in [0.25, 0.3) is 0 Å². The van der Waals surface area contributed by atoms with Crippen LogP contribution < -0.4 is 11.1 Å². The highest BCUT2D eigenvalue weighted by Crippen LogP contribution is 2.27. The lowest BCUT2D eigenvalue weighted by Gasteiger charge is -2.07. The Morgan fingerprint density at radius 1 is 1.62 bits per heavy atom. The van der Waals surface area contributed by atoms with Crippen LogP contribution in [0.5, 0.6) is 0 Å². The number of rotatable bonds is 2. The van der Waals surface area contributed by atoms with Gasteiger partial charge >= 0.3 is 6.03 Å². The van der Waals surface area contributed by atoms with Crippen LogP contribution in [0.3, 0.4) is 0 Å². The van der Waals surface area contributed by atoms with Gasteiger partial charge in [-0.25, -0.2) is 4.79 Å². The van der Waals surface area contributed by atoms with E-state index in [4.69, 9.17) is 17.3 Å². The SMILES string of the molecule is CSc1ccc(Cl)cc1NC(N)=O. The van der Waals surface area contributed by atoms with Crippen molar-refractivity contribution in [2.24, 2.45) is 5.73 Å². The number of carbonyl (C=O) groups is 1. The summed E-state index contributed by atoms with van der Waals surface area (Å²) in [6.07, 6.45) is 1.91. The van der Waals surface area contributed by atoms with E-state index in [9.17, 15) is 4.79 Å². The van der Waals surface area contributed by atoms with Crippen LogP contribution in [-0.2, 0) is 0 Å². The molecule has 0 spiro atoms. The van der Waals surface area contributed by atoms with Crippen LogP contribution in [0.2, 0.25) is 5.02 Å². The van der Waals surface area contributed by atoms with Gasteiger partial charge in [-0.15, -0.1) is 11.8 Å². The molecular weight excluding hydrogens is 208 g/mol. The molecule has 13 heavy (non-hydrogen) atoms. The van der Waals surface area contributed by atoms with Gasteiger partial charge in [-0.3, -0.25) is 0 Å². The Hall–Kier alpha value is -0.870. The smallest absolute Gasteiger partial charge is 0.316 e. The van der Waals surface area contributed by atoms with Crippen molar-refractivity contribution < 1.29 is 4.79 Å². The standard InChI is InChI=1S/C8H9ClN2OS/c1-13-7-3-2-5(9)4-6(7)11-8(10)12/h2-4H,1H3,(H3,10,11,12). The maximum absolute atomic E-state index is 10.6. The largest absolute Gasteiger partial charge is 0.351 e. The summed E-state index contributed by atoms with van der Waals surface area (Å²) in [5, 5.41) is 3.07.